The van der Waals surface area contributed by atoms with E-state index in [4.69, 9.17) is 11.6 Å². The van der Waals surface area contributed by atoms with Gasteiger partial charge in [-0.05, 0) is 19.1 Å². The largest absolute Gasteiger partial charge is 0.240 e. The number of nitrogens with zero attached hydrogens (tertiary/aromatic N) is 2. The molecular weight excluding hydrogens is 252 g/mol. The van der Waals surface area contributed by atoms with Gasteiger partial charge in [0.15, 0.2) is 0 Å². The number of hydrogen-bond donors (Lipinski definition) is 0. The lowest BCUT2D eigenvalue weighted by molar-refractivity contribution is 1.01. The summed E-state index contributed by atoms with van der Waals surface area (Å²) in [5.41, 5.74) is 2.23. The Kier molecular flexibility index (Phi) is 4.40. The molecule has 88 valence electrons. The Morgan fingerprint density at radius 2 is 1.76 bits per heavy atom. The van der Waals surface area contributed by atoms with Gasteiger partial charge in [0, 0.05) is 22.9 Å². The van der Waals surface area contributed by atoms with E-state index in [-0.39, 0.29) is 0 Å². The van der Waals surface area contributed by atoms with Crippen molar-refractivity contribution in [3.05, 3.63) is 53.6 Å². The van der Waals surface area contributed by atoms with Crippen LogP contribution < -0.4 is 0 Å². The maximum absolute atomic E-state index is 5.68. The molecule has 2 rings (SSSR count). The minimum absolute atomic E-state index is 0.464. The Balaban J connectivity index is 1.95. The minimum atomic E-state index is 0.464. The highest BCUT2D eigenvalue weighted by molar-refractivity contribution is 7.98. The molecule has 0 amide bonds. The van der Waals surface area contributed by atoms with Crippen molar-refractivity contribution in [1.29, 1.82) is 0 Å². The van der Waals surface area contributed by atoms with Crippen LogP contribution in [0.15, 0.2) is 41.6 Å². The molecule has 0 unspecified atom stereocenters. The summed E-state index contributed by atoms with van der Waals surface area (Å²) in [5, 5.41) is 0. The average molecular weight is 265 g/mol. The van der Waals surface area contributed by atoms with E-state index in [9.17, 15) is 0 Å². The fraction of sp³-hybridized carbons (Fsp3) is 0.231. The fourth-order valence-electron chi connectivity index (χ4n) is 1.31. The van der Waals surface area contributed by atoms with Gasteiger partial charge in [-0.1, -0.05) is 17.7 Å². The molecule has 0 N–H and O–H groups in total. The number of rotatable bonds is 4. The zero-order chi connectivity index (χ0) is 12.1. The summed E-state index contributed by atoms with van der Waals surface area (Å²) in [6.45, 7) is 2.09. The highest BCUT2D eigenvalue weighted by atomic mass is 35.5. The molecule has 0 fully saturated rings. The van der Waals surface area contributed by atoms with Gasteiger partial charge in [0.25, 0.3) is 0 Å². The van der Waals surface area contributed by atoms with E-state index in [0.29, 0.717) is 5.88 Å². The van der Waals surface area contributed by atoms with Crippen molar-refractivity contribution in [1.82, 2.24) is 9.97 Å². The first-order valence-electron chi connectivity index (χ1n) is 5.33. The number of aryl methyl sites for hydroxylation is 1. The molecular formula is C13H13ClN2S. The predicted molar refractivity (Wildman–Crippen MR) is 72.3 cm³/mol. The van der Waals surface area contributed by atoms with E-state index in [1.807, 2.05) is 0 Å². The Labute approximate surface area is 110 Å². The maximum atomic E-state index is 5.68. The molecule has 0 bridgehead atoms. The van der Waals surface area contributed by atoms with Gasteiger partial charge in [-0.25, -0.2) is 9.97 Å². The number of alkyl halides is 1. The molecule has 0 aliphatic heterocycles. The first-order valence-corrected chi connectivity index (χ1v) is 6.85. The van der Waals surface area contributed by atoms with E-state index in [0.717, 1.165) is 17.1 Å². The Morgan fingerprint density at radius 1 is 1.12 bits per heavy atom. The van der Waals surface area contributed by atoms with Gasteiger partial charge in [0.05, 0.1) is 11.6 Å². The van der Waals surface area contributed by atoms with Crippen LogP contribution in [0.1, 0.15) is 17.0 Å². The zero-order valence-electron chi connectivity index (χ0n) is 9.56. The molecule has 0 saturated heterocycles. The molecule has 1 heterocycles. The van der Waals surface area contributed by atoms with Crippen molar-refractivity contribution in [3.63, 3.8) is 0 Å². The van der Waals surface area contributed by atoms with Gasteiger partial charge in [-0.3, -0.25) is 0 Å². The van der Waals surface area contributed by atoms with Gasteiger partial charge in [0.2, 0.25) is 0 Å². The average Bonchev–Trinajstić information content (AvgIpc) is 2.39. The van der Waals surface area contributed by atoms with Crippen molar-refractivity contribution in [2.45, 2.75) is 23.5 Å². The predicted octanol–water partition coefficient (Wildman–Crippen LogP) is 3.82. The van der Waals surface area contributed by atoms with Crippen LogP contribution in [-0.4, -0.2) is 9.97 Å². The normalized spacial score (nSPS) is 10.5. The second-order valence-electron chi connectivity index (χ2n) is 3.74. The van der Waals surface area contributed by atoms with Crippen LogP contribution in [0.4, 0.5) is 0 Å². The van der Waals surface area contributed by atoms with Gasteiger partial charge < -0.3 is 0 Å². The molecule has 0 spiro atoms. The van der Waals surface area contributed by atoms with Crippen molar-refractivity contribution in [3.8, 4) is 0 Å². The molecule has 0 saturated carbocycles. The molecule has 0 radical (unpaired) electrons. The lowest BCUT2D eigenvalue weighted by Crippen LogP contribution is -1.93. The quantitative estimate of drug-likeness (QED) is 0.620. The van der Waals surface area contributed by atoms with Gasteiger partial charge in [-0.2, -0.15) is 0 Å². The number of halogens is 1. The topological polar surface area (TPSA) is 25.8 Å². The first-order chi connectivity index (χ1) is 8.28. The van der Waals surface area contributed by atoms with E-state index in [1.165, 1.54) is 10.5 Å². The fourth-order valence-corrected chi connectivity index (χ4v) is 2.22. The lowest BCUT2D eigenvalue weighted by Gasteiger charge is -2.02. The third-order valence-corrected chi connectivity index (χ3v) is 3.62. The summed E-state index contributed by atoms with van der Waals surface area (Å²) in [4.78, 5) is 9.77. The van der Waals surface area contributed by atoms with Crippen molar-refractivity contribution in [2.24, 2.45) is 0 Å². The highest BCUT2D eigenvalue weighted by Crippen LogP contribution is 2.21. The molecule has 0 atom stereocenters. The summed E-state index contributed by atoms with van der Waals surface area (Å²) >= 11 is 7.42. The second kappa shape index (κ2) is 6.03. The van der Waals surface area contributed by atoms with Crippen LogP contribution in [0.3, 0.4) is 0 Å². The van der Waals surface area contributed by atoms with Crippen LogP contribution in [0.25, 0.3) is 0 Å². The van der Waals surface area contributed by atoms with Gasteiger partial charge in [-0.15, -0.1) is 23.4 Å². The molecule has 17 heavy (non-hydrogen) atoms. The number of aromatic nitrogens is 2. The Hall–Kier alpha value is -1.06. The van der Waals surface area contributed by atoms with Crippen molar-refractivity contribution in [2.75, 3.05) is 0 Å². The van der Waals surface area contributed by atoms with E-state index >= 15 is 0 Å². The molecule has 2 nitrogen and oxygen atoms in total. The SMILES string of the molecule is Cc1ccc(SCc2ncc(CCl)cn2)cc1. The van der Waals surface area contributed by atoms with E-state index in [2.05, 4.69) is 41.2 Å². The standard InChI is InChI=1S/C13H13ClN2S/c1-10-2-4-12(5-3-10)17-9-13-15-7-11(6-14)8-16-13/h2-5,7-8H,6,9H2,1H3. The molecule has 0 aliphatic carbocycles. The molecule has 1 aromatic carbocycles. The monoisotopic (exact) mass is 264 g/mol. The van der Waals surface area contributed by atoms with Crippen LogP contribution in [-0.2, 0) is 11.6 Å². The molecule has 2 aromatic rings. The third-order valence-electron chi connectivity index (χ3n) is 2.30. The summed E-state index contributed by atoms with van der Waals surface area (Å²) in [6.07, 6.45) is 3.57. The molecule has 0 aliphatic rings. The summed E-state index contributed by atoms with van der Waals surface area (Å²) < 4.78 is 0. The first kappa shape index (κ1) is 12.4. The van der Waals surface area contributed by atoms with Gasteiger partial charge >= 0.3 is 0 Å². The van der Waals surface area contributed by atoms with Crippen LogP contribution >= 0.6 is 23.4 Å². The molecule has 4 heteroatoms. The zero-order valence-corrected chi connectivity index (χ0v) is 11.1. The lowest BCUT2D eigenvalue weighted by atomic mass is 10.2. The maximum Gasteiger partial charge on any atom is 0.138 e. The second-order valence-corrected chi connectivity index (χ2v) is 5.06. The minimum Gasteiger partial charge on any atom is -0.240 e. The van der Waals surface area contributed by atoms with Crippen LogP contribution in [0, 0.1) is 6.92 Å². The van der Waals surface area contributed by atoms with Crippen LogP contribution in [0.5, 0.6) is 0 Å². The third kappa shape index (κ3) is 3.72. The highest BCUT2D eigenvalue weighted by Gasteiger charge is 1.99. The Morgan fingerprint density at radius 3 is 2.35 bits per heavy atom. The van der Waals surface area contributed by atoms with Gasteiger partial charge in [0.1, 0.15) is 5.82 Å². The number of hydrogen-bond acceptors (Lipinski definition) is 3. The summed E-state index contributed by atoms with van der Waals surface area (Å²) in [5.74, 6) is 2.08. The van der Waals surface area contributed by atoms with E-state index < -0.39 is 0 Å². The van der Waals surface area contributed by atoms with Crippen molar-refractivity contribution >= 4 is 23.4 Å². The summed E-state index contributed by atoms with van der Waals surface area (Å²) in [7, 11) is 0. The number of thioether (sulfide) groups is 1. The summed E-state index contributed by atoms with van der Waals surface area (Å²) in [6, 6.07) is 8.46. The smallest absolute Gasteiger partial charge is 0.138 e. The molecule has 1 aromatic heterocycles. The van der Waals surface area contributed by atoms with Crippen LogP contribution in [0.2, 0.25) is 0 Å². The van der Waals surface area contributed by atoms with Crippen molar-refractivity contribution < 1.29 is 0 Å². The van der Waals surface area contributed by atoms with E-state index in [1.54, 1.807) is 24.2 Å². The number of benzene rings is 1. The Bertz CT molecular complexity index is 468.